The van der Waals surface area contributed by atoms with E-state index >= 15 is 0 Å². The van der Waals surface area contributed by atoms with Crippen molar-refractivity contribution in [2.75, 3.05) is 18.4 Å². The van der Waals surface area contributed by atoms with Gasteiger partial charge in [-0.05, 0) is 30.9 Å². The smallest absolute Gasteiger partial charge is 0.234 e. The summed E-state index contributed by atoms with van der Waals surface area (Å²) in [5, 5.41) is 5.48. The molecule has 1 aliphatic rings. The minimum Gasteiger partial charge on any atom is -0.342 e. The molecule has 1 aromatic heterocycles. The summed E-state index contributed by atoms with van der Waals surface area (Å²) >= 11 is 1.44. The summed E-state index contributed by atoms with van der Waals surface area (Å²) in [6, 6.07) is 19.8. The highest BCUT2D eigenvalue weighted by Crippen LogP contribution is 2.29. The van der Waals surface area contributed by atoms with Crippen molar-refractivity contribution in [3.63, 3.8) is 0 Å². The number of nitrogens with one attached hydrogen (secondary N) is 1. The van der Waals surface area contributed by atoms with Crippen molar-refractivity contribution in [3.8, 4) is 0 Å². The van der Waals surface area contributed by atoms with E-state index in [4.69, 9.17) is 0 Å². The number of carbonyl (C=O) groups excluding carboxylic acids is 2. The third-order valence-corrected chi connectivity index (χ3v) is 6.41. The van der Waals surface area contributed by atoms with Crippen molar-refractivity contribution < 1.29 is 9.59 Å². The molecule has 154 valence electrons. The number of thiazole rings is 1. The average molecular weight is 420 g/mol. The second-order valence-corrected chi connectivity index (χ2v) is 8.50. The third kappa shape index (κ3) is 4.60. The molecule has 2 heterocycles. The number of benzene rings is 2. The lowest BCUT2D eigenvalue weighted by Gasteiger charge is -2.34. The Bertz CT molecular complexity index is 956. The number of rotatable bonds is 5. The minimum absolute atomic E-state index is 0.000817. The molecule has 0 bridgehead atoms. The first-order valence-electron chi connectivity index (χ1n) is 10.2. The SMILES string of the molecule is Cc1csc(NC(=O)C2CCN(C(=O)C(c3ccccc3)c3ccccc3)CC2)n1. The molecule has 0 spiro atoms. The Morgan fingerprint density at radius 1 is 1.00 bits per heavy atom. The predicted molar refractivity (Wildman–Crippen MR) is 120 cm³/mol. The van der Waals surface area contributed by atoms with Gasteiger partial charge in [-0.25, -0.2) is 4.98 Å². The Morgan fingerprint density at radius 2 is 1.57 bits per heavy atom. The fourth-order valence-corrected chi connectivity index (χ4v) is 4.62. The Labute approximate surface area is 180 Å². The predicted octanol–water partition coefficient (Wildman–Crippen LogP) is 4.46. The molecule has 2 aromatic carbocycles. The molecule has 5 nitrogen and oxygen atoms in total. The third-order valence-electron chi connectivity index (χ3n) is 5.54. The molecule has 0 saturated carbocycles. The molecular weight excluding hydrogens is 394 g/mol. The van der Waals surface area contributed by atoms with Gasteiger partial charge in [-0.2, -0.15) is 0 Å². The van der Waals surface area contributed by atoms with Crippen LogP contribution in [0, 0.1) is 12.8 Å². The van der Waals surface area contributed by atoms with E-state index in [9.17, 15) is 9.59 Å². The second-order valence-electron chi connectivity index (χ2n) is 7.64. The summed E-state index contributed by atoms with van der Waals surface area (Å²) in [6.07, 6.45) is 1.33. The van der Waals surface area contributed by atoms with Crippen LogP contribution in [0.4, 0.5) is 5.13 Å². The normalized spacial score (nSPS) is 14.7. The van der Waals surface area contributed by atoms with Gasteiger partial charge in [0.15, 0.2) is 5.13 Å². The topological polar surface area (TPSA) is 62.3 Å². The van der Waals surface area contributed by atoms with Crippen molar-refractivity contribution in [2.45, 2.75) is 25.7 Å². The molecule has 0 radical (unpaired) electrons. The van der Waals surface area contributed by atoms with Gasteiger partial charge in [0.25, 0.3) is 0 Å². The van der Waals surface area contributed by atoms with E-state index in [2.05, 4.69) is 10.3 Å². The van der Waals surface area contributed by atoms with Crippen LogP contribution in [0.5, 0.6) is 0 Å². The summed E-state index contributed by atoms with van der Waals surface area (Å²) in [7, 11) is 0. The van der Waals surface area contributed by atoms with Gasteiger partial charge in [0, 0.05) is 24.4 Å². The molecule has 2 amide bonds. The first-order chi connectivity index (χ1) is 14.6. The maximum Gasteiger partial charge on any atom is 0.234 e. The number of aryl methyl sites for hydroxylation is 1. The fraction of sp³-hybridized carbons (Fsp3) is 0.292. The van der Waals surface area contributed by atoms with E-state index in [1.165, 1.54) is 11.3 Å². The first kappa shape index (κ1) is 20.3. The van der Waals surface area contributed by atoms with Crippen molar-refractivity contribution in [1.82, 2.24) is 9.88 Å². The Hall–Kier alpha value is -2.99. The lowest BCUT2D eigenvalue weighted by Crippen LogP contribution is -2.43. The zero-order valence-corrected chi connectivity index (χ0v) is 17.8. The van der Waals surface area contributed by atoms with Crippen LogP contribution in [0.1, 0.15) is 35.6 Å². The summed E-state index contributed by atoms with van der Waals surface area (Å²) in [5.74, 6) is -0.317. The minimum atomic E-state index is -0.323. The van der Waals surface area contributed by atoms with Crippen LogP contribution in [-0.4, -0.2) is 34.8 Å². The van der Waals surface area contributed by atoms with E-state index < -0.39 is 0 Å². The summed E-state index contributed by atoms with van der Waals surface area (Å²) in [6.45, 7) is 3.08. The Kier molecular flexibility index (Phi) is 6.23. The quantitative estimate of drug-likeness (QED) is 0.664. The fourth-order valence-electron chi connectivity index (χ4n) is 3.93. The number of piperidine rings is 1. The largest absolute Gasteiger partial charge is 0.342 e. The number of likely N-dealkylation sites (tertiary alicyclic amines) is 1. The lowest BCUT2D eigenvalue weighted by molar-refractivity contribution is -0.135. The summed E-state index contributed by atoms with van der Waals surface area (Å²) in [5.41, 5.74) is 2.89. The van der Waals surface area contributed by atoms with E-state index in [-0.39, 0.29) is 23.7 Å². The van der Waals surface area contributed by atoms with Gasteiger partial charge in [-0.3, -0.25) is 9.59 Å². The highest BCUT2D eigenvalue weighted by Gasteiger charge is 2.32. The van der Waals surface area contributed by atoms with Crippen molar-refractivity contribution in [1.29, 1.82) is 0 Å². The maximum absolute atomic E-state index is 13.5. The molecule has 4 rings (SSSR count). The van der Waals surface area contributed by atoms with Gasteiger partial charge in [0.1, 0.15) is 0 Å². The summed E-state index contributed by atoms with van der Waals surface area (Å²) in [4.78, 5) is 32.3. The highest BCUT2D eigenvalue weighted by atomic mass is 32.1. The molecule has 1 fully saturated rings. The number of anilines is 1. The average Bonchev–Trinajstić information content (AvgIpc) is 3.20. The van der Waals surface area contributed by atoms with E-state index in [1.807, 2.05) is 77.9 Å². The van der Waals surface area contributed by atoms with Gasteiger partial charge in [-0.1, -0.05) is 60.7 Å². The molecular formula is C24H25N3O2S. The molecule has 1 aliphatic heterocycles. The van der Waals surface area contributed by atoms with Crippen molar-refractivity contribution >= 4 is 28.3 Å². The standard InChI is InChI=1S/C24H25N3O2S/c1-17-16-30-24(25-17)26-22(28)20-12-14-27(15-13-20)23(29)21(18-8-4-2-5-9-18)19-10-6-3-7-11-19/h2-11,16,20-21H,12-15H2,1H3,(H,25,26,28). The van der Waals surface area contributed by atoms with Crippen LogP contribution in [0.3, 0.4) is 0 Å². The number of amides is 2. The molecule has 1 N–H and O–H groups in total. The van der Waals surface area contributed by atoms with Crippen LogP contribution in [0.25, 0.3) is 0 Å². The molecule has 0 aliphatic carbocycles. The van der Waals surface area contributed by atoms with E-state index in [0.29, 0.717) is 31.1 Å². The zero-order chi connectivity index (χ0) is 20.9. The molecule has 1 saturated heterocycles. The van der Waals surface area contributed by atoms with Crippen LogP contribution in [0.15, 0.2) is 66.0 Å². The van der Waals surface area contributed by atoms with Gasteiger partial charge >= 0.3 is 0 Å². The number of hydrogen-bond acceptors (Lipinski definition) is 4. The zero-order valence-electron chi connectivity index (χ0n) is 17.0. The van der Waals surface area contributed by atoms with Crippen LogP contribution >= 0.6 is 11.3 Å². The van der Waals surface area contributed by atoms with Gasteiger partial charge < -0.3 is 10.2 Å². The monoisotopic (exact) mass is 419 g/mol. The van der Waals surface area contributed by atoms with Crippen LogP contribution < -0.4 is 5.32 Å². The number of nitrogens with zero attached hydrogens (tertiary/aromatic N) is 2. The van der Waals surface area contributed by atoms with Crippen molar-refractivity contribution in [2.24, 2.45) is 5.92 Å². The van der Waals surface area contributed by atoms with Crippen molar-refractivity contribution in [3.05, 3.63) is 82.9 Å². The molecule has 0 unspecified atom stereocenters. The first-order valence-corrected chi connectivity index (χ1v) is 11.1. The van der Waals surface area contributed by atoms with Gasteiger partial charge in [0.05, 0.1) is 11.6 Å². The van der Waals surface area contributed by atoms with Crippen LogP contribution in [0.2, 0.25) is 0 Å². The number of carbonyl (C=O) groups is 2. The van der Waals surface area contributed by atoms with E-state index in [1.54, 1.807) is 0 Å². The number of aromatic nitrogens is 1. The van der Waals surface area contributed by atoms with E-state index in [0.717, 1.165) is 16.8 Å². The molecule has 0 atom stereocenters. The number of hydrogen-bond donors (Lipinski definition) is 1. The molecule has 3 aromatic rings. The molecule has 30 heavy (non-hydrogen) atoms. The molecule has 6 heteroatoms. The summed E-state index contributed by atoms with van der Waals surface area (Å²) < 4.78 is 0. The second kappa shape index (κ2) is 9.22. The van der Waals surface area contributed by atoms with Gasteiger partial charge in [0.2, 0.25) is 11.8 Å². The highest BCUT2D eigenvalue weighted by molar-refractivity contribution is 7.13. The lowest BCUT2D eigenvalue weighted by atomic mass is 9.88. The van der Waals surface area contributed by atoms with Gasteiger partial charge in [-0.15, -0.1) is 11.3 Å². The van der Waals surface area contributed by atoms with Crippen LogP contribution in [-0.2, 0) is 9.59 Å². The Morgan fingerprint density at radius 3 is 2.07 bits per heavy atom. The Balaban J connectivity index is 1.43. The maximum atomic E-state index is 13.5.